The first kappa shape index (κ1) is 18.0. The van der Waals surface area contributed by atoms with Gasteiger partial charge in [0.1, 0.15) is 5.60 Å². The number of nitrogens with two attached hydrogens (primary N) is 1. The molecule has 1 rings (SSSR count). The Kier molecular flexibility index (Phi) is 6.37. The first-order valence-electron chi connectivity index (χ1n) is 7.25. The van der Waals surface area contributed by atoms with Crippen molar-refractivity contribution in [2.75, 3.05) is 18.4 Å². The molecule has 0 aliphatic rings. The molecule has 122 valence electrons. The molecule has 6 nitrogen and oxygen atoms in total. The predicted octanol–water partition coefficient (Wildman–Crippen LogP) is 2.21. The van der Waals surface area contributed by atoms with Gasteiger partial charge in [-0.15, -0.1) is 0 Å². The maximum absolute atomic E-state index is 11.7. The molecule has 0 aliphatic heterocycles. The van der Waals surface area contributed by atoms with Gasteiger partial charge in [-0.25, -0.2) is 4.79 Å². The summed E-state index contributed by atoms with van der Waals surface area (Å²) in [6.07, 6.45) is -0.458. The Labute approximate surface area is 131 Å². The second-order valence-corrected chi connectivity index (χ2v) is 6.12. The summed E-state index contributed by atoms with van der Waals surface area (Å²) in [4.78, 5) is 22.7. The fraction of sp³-hybridized carbons (Fsp3) is 0.500. The standard InChI is InChI=1S/C16H25N3O3/c1-11(20)19-14-7-5-12(6-8-14)13(9-17)10-18-15(21)22-16(2,3)4/h5-8,13H,9-10,17H2,1-4H3,(H,18,21)(H,19,20). The molecular weight excluding hydrogens is 282 g/mol. The number of amides is 2. The number of hydrogen-bond donors (Lipinski definition) is 3. The Bertz CT molecular complexity index is 506. The van der Waals surface area contributed by atoms with Crippen LogP contribution in [0.15, 0.2) is 24.3 Å². The van der Waals surface area contributed by atoms with Crippen LogP contribution in [-0.2, 0) is 9.53 Å². The summed E-state index contributed by atoms with van der Waals surface area (Å²) >= 11 is 0. The van der Waals surface area contributed by atoms with E-state index in [0.717, 1.165) is 11.3 Å². The maximum Gasteiger partial charge on any atom is 0.407 e. The molecule has 0 radical (unpaired) electrons. The van der Waals surface area contributed by atoms with Gasteiger partial charge in [0.05, 0.1) is 0 Å². The lowest BCUT2D eigenvalue weighted by atomic mass is 9.99. The van der Waals surface area contributed by atoms with Gasteiger partial charge in [-0.3, -0.25) is 4.79 Å². The Morgan fingerprint density at radius 3 is 2.27 bits per heavy atom. The van der Waals surface area contributed by atoms with E-state index >= 15 is 0 Å². The third-order valence-corrected chi connectivity index (χ3v) is 2.88. The number of rotatable bonds is 5. The second-order valence-electron chi connectivity index (χ2n) is 6.12. The van der Waals surface area contributed by atoms with Crippen LogP contribution in [0.25, 0.3) is 0 Å². The normalized spacial score (nSPS) is 12.4. The average molecular weight is 307 g/mol. The zero-order chi connectivity index (χ0) is 16.8. The fourth-order valence-corrected chi connectivity index (χ4v) is 1.90. The highest BCUT2D eigenvalue weighted by molar-refractivity contribution is 5.88. The predicted molar refractivity (Wildman–Crippen MR) is 86.8 cm³/mol. The van der Waals surface area contributed by atoms with Crippen LogP contribution in [0.4, 0.5) is 10.5 Å². The number of hydrogen-bond acceptors (Lipinski definition) is 4. The molecule has 0 fully saturated rings. The van der Waals surface area contributed by atoms with Gasteiger partial charge in [0.15, 0.2) is 0 Å². The molecule has 0 spiro atoms. The van der Waals surface area contributed by atoms with Crippen molar-refractivity contribution in [2.45, 2.75) is 39.2 Å². The van der Waals surface area contributed by atoms with Gasteiger partial charge in [-0.05, 0) is 38.5 Å². The number of carbonyl (C=O) groups is 2. The fourth-order valence-electron chi connectivity index (χ4n) is 1.90. The van der Waals surface area contributed by atoms with Crippen molar-refractivity contribution in [3.63, 3.8) is 0 Å². The molecule has 0 aromatic heterocycles. The van der Waals surface area contributed by atoms with Gasteiger partial charge in [-0.1, -0.05) is 12.1 Å². The van der Waals surface area contributed by atoms with Crippen LogP contribution in [0.3, 0.4) is 0 Å². The third-order valence-electron chi connectivity index (χ3n) is 2.88. The Morgan fingerprint density at radius 1 is 1.23 bits per heavy atom. The van der Waals surface area contributed by atoms with Gasteiger partial charge >= 0.3 is 6.09 Å². The smallest absolute Gasteiger partial charge is 0.407 e. The highest BCUT2D eigenvalue weighted by Gasteiger charge is 2.17. The van der Waals surface area contributed by atoms with Gasteiger partial charge < -0.3 is 21.1 Å². The zero-order valence-corrected chi connectivity index (χ0v) is 13.6. The van der Waals surface area contributed by atoms with Crippen LogP contribution in [0, 0.1) is 0 Å². The minimum Gasteiger partial charge on any atom is -0.444 e. The number of nitrogens with one attached hydrogen (secondary N) is 2. The van der Waals surface area contributed by atoms with Crippen molar-refractivity contribution < 1.29 is 14.3 Å². The molecule has 2 amide bonds. The lowest BCUT2D eigenvalue weighted by molar-refractivity contribution is -0.114. The van der Waals surface area contributed by atoms with E-state index in [1.165, 1.54) is 6.92 Å². The number of ether oxygens (including phenoxy) is 1. The second kappa shape index (κ2) is 7.79. The first-order chi connectivity index (χ1) is 10.2. The number of benzene rings is 1. The molecule has 22 heavy (non-hydrogen) atoms. The van der Waals surface area contributed by atoms with Gasteiger partial charge in [0.25, 0.3) is 0 Å². The molecule has 6 heteroatoms. The van der Waals surface area contributed by atoms with E-state index in [0.29, 0.717) is 13.1 Å². The van der Waals surface area contributed by atoms with Crippen molar-refractivity contribution in [3.8, 4) is 0 Å². The molecule has 1 aromatic rings. The molecule has 1 aromatic carbocycles. The average Bonchev–Trinajstić information content (AvgIpc) is 2.38. The summed E-state index contributed by atoms with van der Waals surface area (Å²) in [7, 11) is 0. The molecule has 0 aliphatic carbocycles. The van der Waals surface area contributed by atoms with Crippen molar-refractivity contribution in [2.24, 2.45) is 5.73 Å². The van der Waals surface area contributed by atoms with Gasteiger partial charge in [0, 0.05) is 31.6 Å². The molecule has 1 unspecified atom stereocenters. The highest BCUT2D eigenvalue weighted by Crippen LogP contribution is 2.17. The van der Waals surface area contributed by atoms with Crippen molar-refractivity contribution in [1.29, 1.82) is 0 Å². The van der Waals surface area contributed by atoms with E-state index < -0.39 is 11.7 Å². The topological polar surface area (TPSA) is 93.5 Å². The molecule has 1 atom stereocenters. The number of anilines is 1. The maximum atomic E-state index is 11.7. The van der Waals surface area contributed by atoms with Crippen LogP contribution in [0.2, 0.25) is 0 Å². The van der Waals surface area contributed by atoms with Crippen molar-refractivity contribution in [1.82, 2.24) is 5.32 Å². The number of alkyl carbamates (subject to hydrolysis) is 1. The minimum atomic E-state index is -0.525. The van der Waals surface area contributed by atoms with Crippen LogP contribution < -0.4 is 16.4 Å². The summed E-state index contributed by atoms with van der Waals surface area (Å²) in [5.41, 5.74) is 6.97. The first-order valence-corrected chi connectivity index (χ1v) is 7.25. The molecule has 0 heterocycles. The van der Waals surface area contributed by atoms with E-state index in [9.17, 15) is 9.59 Å². The summed E-state index contributed by atoms with van der Waals surface area (Å²) in [5.74, 6) is -0.131. The monoisotopic (exact) mass is 307 g/mol. The summed E-state index contributed by atoms with van der Waals surface area (Å²) in [6.45, 7) is 7.69. The molecular formula is C16H25N3O3. The summed E-state index contributed by atoms with van der Waals surface area (Å²) in [6, 6.07) is 7.40. The minimum absolute atomic E-state index is 0.0149. The largest absolute Gasteiger partial charge is 0.444 e. The molecule has 0 bridgehead atoms. The lowest BCUT2D eigenvalue weighted by Crippen LogP contribution is -2.36. The van der Waals surface area contributed by atoms with Crippen LogP contribution >= 0.6 is 0 Å². The summed E-state index contributed by atoms with van der Waals surface area (Å²) < 4.78 is 5.19. The molecule has 0 saturated carbocycles. The zero-order valence-electron chi connectivity index (χ0n) is 13.6. The van der Waals surface area contributed by atoms with Crippen LogP contribution in [0.1, 0.15) is 39.2 Å². The Morgan fingerprint density at radius 2 is 1.82 bits per heavy atom. The molecule has 0 saturated heterocycles. The third kappa shape index (κ3) is 6.58. The number of carbonyl (C=O) groups excluding carboxylic acids is 2. The highest BCUT2D eigenvalue weighted by atomic mass is 16.6. The van der Waals surface area contributed by atoms with E-state index in [2.05, 4.69) is 10.6 Å². The van der Waals surface area contributed by atoms with Crippen LogP contribution in [-0.4, -0.2) is 30.7 Å². The van der Waals surface area contributed by atoms with Crippen LogP contribution in [0.5, 0.6) is 0 Å². The quantitative estimate of drug-likeness (QED) is 0.777. The van der Waals surface area contributed by atoms with E-state index in [1.807, 2.05) is 45.0 Å². The summed E-state index contributed by atoms with van der Waals surface area (Å²) in [5, 5.41) is 5.43. The van der Waals surface area contributed by atoms with Crippen molar-refractivity contribution in [3.05, 3.63) is 29.8 Å². The van der Waals surface area contributed by atoms with Gasteiger partial charge in [0.2, 0.25) is 5.91 Å². The Hall–Kier alpha value is -2.08. The SMILES string of the molecule is CC(=O)Nc1ccc(C(CN)CNC(=O)OC(C)(C)C)cc1. The lowest BCUT2D eigenvalue weighted by Gasteiger charge is -2.21. The van der Waals surface area contributed by atoms with Gasteiger partial charge in [-0.2, -0.15) is 0 Å². The molecule has 4 N–H and O–H groups in total. The van der Waals surface area contributed by atoms with E-state index in [4.69, 9.17) is 10.5 Å². The van der Waals surface area contributed by atoms with E-state index in [1.54, 1.807) is 0 Å². The van der Waals surface area contributed by atoms with Crippen molar-refractivity contribution >= 4 is 17.7 Å². The van der Waals surface area contributed by atoms with E-state index in [-0.39, 0.29) is 11.8 Å². The Balaban J connectivity index is 2.60.